The number of rotatable bonds is 4. The van der Waals surface area contributed by atoms with Gasteiger partial charge in [-0.25, -0.2) is 0 Å². The lowest BCUT2D eigenvalue weighted by atomic mass is 9.93. The summed E-state index contributed by atoms with van der Waals surface area (Å²) < 4.78 is 2.06. The molecule has 2 aliphatic rings. The quantitative estimate of drug-likeness (QED) is 0.924. The van der Waals surface area contributed by atoms with Crippen molar-refractivity contribution >= 4 is 24.8 Å². The van der Waals surface area contributed by atoms with Crippen LogP contribution in [0.15, 0.2) is 12.4 Å². The fourth-order valence-corrected chi connectivity index (χ4v) is 3.59. The van der Waals surface area contributed by atoms with Crippen molar-refractivity contribution < 1.29 is 0 Å². The maximum Gasteiger partial charge on any atom is 0.0518 e. The van der Waals surface area contributed by atoms with Gasteiger partial charge in [-0.05, 0) is 50.1 Å². The molecule has 1 saturated heterocycles. The van der Waals surface area contributed by atoms with E-state index < -0.39 is 0 Å². The lowest BCUT2D eigenvalue weighted by Crippen LogP contribution is -2.48. The molecule has 2 bridgehead atoms. The third-order valence-electron chi connectivity index (χ3n) is 4.61. The molecule has 6 heteroatoms. The van der Waals surface area contributed by atoms with Gasteiger partial charge in [-0.2, -0.15) is 5.10 Å². The van der Waals surface area contributed by atoms with Crippen molar-refractivity contribution in [2.75, 3.05) is 19.6 Å². The van der Waals surface area contributed by atoms with Gasteiger partial charge in [0.2, 0.25) is 0 Å². The Morgan fingerprint density at radius 3 is 2.40 bits per heavy atom. The Bertz CT molecular complexity index is 396. The van der Waals surface area contributed by atoms with Gasteiger partial charge in [0, 0.05) is 31.9 Å². The number of halogens is 2. The Balaban J connectivity index is 0.000001000. The van der Waals surface area contributed by atoms with Crippen LogP contribution in [0.25, 0.3) is 0 Å². The highest BCUT2D eigenvalue weighted by atomic mass is 35.5. The van der Waals surface area contributed by atoms with Gasteiger partial charge in [-0.1, -0.05) is 0 Å². The average molecular weight is 321 g/mol. The average Bonchev–Trinajstić information content (AvgIpc) is 2.82. The van der Waals surface area contributed by atoms with E-state index >= 15 is 0 Å². The smallest absolute Gasteiger partial charge is 0.0518 e. The predicted octanol–water partition coefficient (Wildman–Crippen LogP) is 2.09. The number of nitrogens with two attached hydrogens (primary N) is 1. The summed E-state index contributed by atoms with van der Waals surface area (Å²) in [6.07, 6.45) is 7.94. The number of piperidine rings is 1. The van der Waals surface area contributed by atoms with Gasteiger partial charge in [-0.3, -0.25) is 4.68 Å². The summed E-state index contributed by atoms with van der Waals surface area (Å²) in [4.78, 5) is 2.61. The molecule has 1 saturated carbocycles. The van der Waals surface area contributed by atoms with Crippen LogP contribution in [-0.4, -0.2) is 40.4 Å². The Labute approximate surface area is 133 Å². The van der Waals surface area contributed by atoms with E-state index in [0.717, 1.165) is 18.4 Å². The van der Waals surface area contributed by atoms with Gasteiger partial charge < -0.3 is 10.6 Å². The number of nitrogens with zero attached hydrogens (tertiary/aromatic N) is 3. The van der Waals surface area contributed by atoms with Gasteiger partial charge in [0.05, 0.1) is 6.20 Å². The van der Waals surface area contributed by atoms with E-state index in [2.05, 4.69) is 27.8 Å². The molecule has 0 spiro atoms. The van der Waals surface area contributed by atoms with Crippen LogP contribution in [0.4, 0.5) is 0 Å². The topological polar surface area (TPSA) is 47.1 Å². The summed E-state index contributed by atoms with van der Waals surface area (Å²) in [6.45, 7) is 6.75. The van der Waals surface area contributed by atoms with E-state index in [9.17, 15) is 0 Å². The summed E-state index contributed by atoms with van der Waals surface area (Å²) in [7, 11) is 0. The number of likely N-dealkylation sites (tertiary alicyclic amines) is 1. The fraction of sp³-hybridized carbons (Fsp3) is 0.786. The van der Waals surface area contributed by atoms with Crippen LogP contribution in [-0.2, 0) is 6.54 Å². The van der Waals surface area contributed by atoms with Crippen molar-refractivity contribution in [1.82, 2.24) is 14.7 Å². The molecule has 0 radical (unpaired) electrons. The van der Waals surface area contributed by atoms with E-state index in [0.29, 0.717) is 6.04 Å². The molecule has 1 aliphatic heterocycles. The monoisotopic (exact) mass is 320 g/mol. The fourth-order valence-electron chi connectivity index (χ4n) is 3.59. The summed E-state index contributed by atoms with van der Waals surface area (Å²) >= 11 is 0. The number of fused-ring (bicyclic) bond motifs is 2. The Morgan fingerprint density at radius 2 is 1.85 bits per heavy atom. The van der Waals surface area contributed by atoms with Crippen LogP contribution in [0.1, 0.15) is 24.8 Å². The minimum absolute atomic E-state index is 0. The second kappa shape index (κ2) is 7.64. The van der Waals surface area contributed by atoms with E-state index in [1.807, 2.05) is 6.20 Å². The van der Waals surface area contributed by atoms with E-state index in [4.69, 9.17) is 5.73 Å². The van der Waals surface area contributed by atoms with Crippen molar-refractivity contribution in [1.29, 1.82) is 0 Å². The number of aryl methyl sites for hydroxylation is 2. The second-order valence-corrected chi connectivity index (χ2v) is 6.07. The normalized spacial score (nSPS) is 28.8. The molecule has 1 aromatic rings. The molecule has 1 unspecified atom stereocenters. The highest BCUT2D eigenvalue weighted by molar-refractivity contribution is 5.85. The Morgan fingerprint density at radius 1 is 1.20 bits per heavy atom. The molecule has 1 aliphatic carbocycles. The minimum Gasteiger partial charge on any atom is -0.327 e. The molecule has 3 rings (SSSR count). The zero-order valence-electron chi connectivity index (χ0n) is 12.1. The predicted molar refractivity (Wildman–Crippen MR) is 86.7 cm³/mol. The van der Waals surface area contributed by atoms with Crippen LogP contribution >= 0.6 is 24.8 Å². The number of hydrogen-bond acceptors (Lipinski definition) is 3. The molecular weight excluding hydrogens is 295 g/mol. The molecule has 0 amide bonds. The summed E-state index contributed by atoms with van der Waals surface area (Å²) in [5.41, 5.74) is 7.48. The highest BCUT2D eigenvalue weighted by Gasteiger charge is 2.39. The highest BCUT2D eigenvalue weighted by Crippen LogP contribution is 2.35. The summed E-state index contributed by atoms with van der Waals surface area (Å²) in [5, 5.41) is 4.33. The van der Waals surface area contributed by atoms with Crippen LogP contribution in [0.3, 0.4) is 0 Å². The number of hydrogen-bond donors (Lipinski definition) is 1. The molecule has 4 nitrogen and oxygen atoms in total. The minimum atomic E-state index is 0. The lowest BCUT2D eigenvalue weighted by Gasteiger charge is -2.36. The van der Waals surface area contributed by atoms with Crippen molar-refractivity contribution in [2.24, 2.45) is 17.6 Å². The molecule has 2 heterocycles. The second-order valence-electron chi connectivity index (χ2n) is 6.07. The van der Waals surface area contributed by atoms with Crippen molar-refractivity contribution in [3.05, 3.63) is 18.0 Å². The van der Waals surface area contributed by atoms with Gasteiger partial charge in [0.1, 0.15) is 0 Å². The third-order valence-corrected chi connectivity index (χ3v) is 4.61. The van der Waals surface area contributed by atoms with Crippen LogP contribution in [0.5, 0.6) is 0 Å². The van der Waals surface area contributed by atoms with Crippen molar-refractivity contribution in [2.45, 2.75) is 38.8 Å². The first-order valence-electron chi connectivity index (χ1n) is 7.19. The third kappa shape index (κ3) is 3.88. The van der Waals surface area contributed by atoms with Gasteiger partial charge in [0.15, 0.2) is 0 Å². The van der Waals surface area contributed by atoms with E-state index in [1.165, 1.54) is 44.5 Å². The molecule has 1 aromatic heterocycles. The zero-order chi connectivity index (χ0) is 12.5. The van der Waals surface area contributed by atoms with Gasteiger partial charge in [-0.15, -0.1) is 24.8 Å². The molecule has 116 valence electrons. The lowest BCUT2D eigenvalue weighted by molar-refractivity contribution is 0.144. The number of aromatic nitrogens is 2. The standard InChI is InChI=1S/C14H24N4.2ClH/c1-11-7-16-18(8-11)6-2-5-17-9-12-3-4-13(10-17)14(12)15;;/h7-8,12-14H,2-6,9-10,15H2,1H3;2*1H/t12-,13+,14?;;. The Hall–Kier alpha value is -0.290. The molecule has 2 N–H and O–H groups in total. The first kappa shape index (κ1) is 17.8. The van der Waals surface area contributed by atoms with Crippen molar-refractivity contribution in [3.63, 3.8) is 0 Å². The van der Waals surface area contributed by atoms with Gasteiger partial charge in [0.25, 0.3) is 0 Å². The maximum atomic E-state index is 6.23. The Kier molecular flexibility index (Phi) is 6.79. The molecular formula is C14H26Cl2N4. The van der Waals surface area contributed by atoms with E-state index in [-0.39, 0.29) is 24.8 Å². The summed E-state index contributed by atoms with van der Waals surface area (Å²) in [5.74, 6) is 1.52. The van der Waals surface area contributed by atoms with E-state index in [1.54, 1.807) is 0 Å². The molecule has 20 heavy (non-hydrogen) atoms. The molecule has 2 fully saturated rings. The van der Waals surface area contributed by atoms with Crippen LogP contribution in [0, 0.1) is 18.8 Å². The van der Waals surface area contributed by atoms with Crippen molar-refractivity contribution in [3.8, 4) is 0 Å². The summed E-state index contributed by atoms with van der Waals surface area (Å²) in [6, 6.07) is 0.481. The SMILES string of the molecule is Cc1cnn(CCCN2C[C@H]3CC[C@@H](C2)C3N)c1.Cl.Cl. The van der Waals surface area contributed by atoms with Crippen LogP contribution in [0.2, 0.25) is 0 Å². The van der Waals surface area contributed by atoms with Gasteiger partial charge >= 0.3 is 0 Å². The van der Waals surface area contributed by atoms with Crippen LogP contribution < -0.4 is 5.73 Å². The molecule has 3 atom stereocenters. The largest absolute Gasteiger partial charge is 0.327 e. The first-order valence-corrected chi connectivity index (χ1v) is 7.19. The molecule has 0 aromatic carbocycles. The maximum absolute atomic E-state index is 6.23. The first-order chi connectivity index (χ1) is 8.72. The zero-order valence-corrected chi connectivity index (χ0v) is 13.7.